The number of carboxylic acid groups (broad SMARTS) is 1. The molecule has 0 saturated carbocycles. The smallest absolute Gasteiger partial charge is 0.334 e. The first-order valence-electron chi connectivity index (χ1n) is 6.76. The lowest BCUT2D eigenvalue weighted by molar-refractivity contribution is -0.157. The van der Waals surface area contributed by atoms with Gasteiger partial charge in [0.25, 0.3) is 0 Å². The van der Waals surface area contributed by atoms with Gasteiger partial charge >= 0.3 is 5.97 Å². The third-order valence-corrected chi connectivity index (χ3v) is 3.76. The van der Waals surface area contributed by atoms with Gasteiger partial charge in [0.05, 0.1) is 13.7 Å². The molecular formula is C15H21NO4. The molecule has 0 bridgehead atoms. The van der Waals surface area contributed by atoms with Gasteiger partial charge in [-0.1, -0.05) is 17.7 Å². The van der Waals surface area contributed by atoms with E-state index < -0.39 is 12.1 Å². The number of carboxylic acids is 1. The maximum Gasteiger partial charge on any atom is 0.334 e. The zero-order chi connectivity index (χ0) is 14.7. The molecular weight excluding hydrogens is 258 g/mol. The molecule has 1 saturated heterocycles. The van der Waals surface area contributed by atoms with Gasteiger partial charge in [-0.25, -0.2) is 4.79 Å². The van der Waals surface area contributed by atoms with Gasteiger partial charge < -0.3 is 14.6 Å². The van der Waals surface area contributed by atoms with E-state index in [0.29, 0.717) is 13.2 Å². The van der Waals surface area contributed by atoms with Crippen molar-refractivity contribution in [3.05, 3.63) is 29.3 Å². The van der Waals surface area contributed by atoms with Crippen molar-refractivity contribution < 1.29 is 19.4 Å². The lowest BCUT2D eigenvalue weighted by Crippen LogP contribution is -2.46. The van der Waals surface area contributed by atoms with Crippen molar-refractivity contribution in [2.24, 2.45) is 0 Å². The summed E-state index contributed by atoms with van der Waals surface area (Å²) < 4.78 is 10.7. The first-order chi connectivity index (χ1) is 9.52. The lowest BCUT2D eigenvalue weighted by Gasteiger charge is -2.36. The van der Waals surface area contributed by atoms with Crippen molar-refractivity contribution >= 4 is 5.97 Å². The molecule has 0 aromatic heterocycles. The van der Waals surface area contributed by atoms with Crippen molar-refractivity contribution in [1.82, 2.24) is 4.90 Å². The average molecular weight is 279 g/mol. The Kier molecular flexibility index (Phi) is 4.62. The molecule has 110 valence electrons. The Bertz CT molecular complexity index is 489. The normalized spacial score (nSPS) is 21.4. The number of nitrogens with zero attached hydrogens (tertiary/aromatic N) is 1. The van der Waals surface area contributed by atoms with Crippen LogP contribution in [0.5, 0.6) is 5.75 Å². The molecule has 0 aliphatic carbocycles. The standard InChI is InChI=1S/C15H21NO4/c1-10-4-5-13(19-3)12(8-10)11(2)16-6-7-20-14(9-16)15(17)18/h4-5,8,11,14H,6-7,9H2,1-3H3,(H,17,18). The number of aryl methyl sites for hydroxylation is 1. The van der Waals surface area contributed by atoms with Crippen molar-refractivity contribution in [1.29, 1.82) is 0 Å². The minimum atomic E-state index is -0.905. The number of aliphatic carboxylic acids is 1. The summed E-state index contributed by atoms with van der Waals surface area (Å²) >= 11 is 0. The van der Waals surface area contributed by atoms with Crippen LogP contribution in [0.2, 0.25) is 0 Å². The van der Waals surface area contributed by atoms with Gasteiger partial charge in [0.2, 0.25) is 0 Å². The predicted octanol–water partition coefficient (Wildman–Crippen LogP) is 1.85. The maximum atomic E-state index is 11.1. The van der Waals surface area contributed by atoms with E-state index in [-0.39, 0.29) is 6.04 Å². The van der Waals surface area contributed by atoms with E-state index in [1.807, 2.05) is 19.1 Å². The average Bonchev–Trinajstić information content (AvgIpc) is 2.46. The van der Waals surface area contributed by atoms with Crippen molar-refractivity contribution in [2.45, 2.75) is 26.0 Å². The first-order valence-corrected chi connectivity index (χ1v) is 6.76. The molecule has 2 atom stereocenters. The van der Waals surface area contributed by atoms with Gasteiger partial charge in [-0.3, -0.25) is 4.90 Å². The number of morpholine rings is 1. The van der Waals surface area contributed by atoms with E-state index in [4.69, 9.17) is 14.6 Å². The van der Waals surface area contributed by atoms with Crippen molar-refractivity contribution in [3.8, 4) is 5.75 Å². The van der Waals surface area contributed by atoms with Gasteiger partial charge in [0.15, 0.2) is 6.10 Å². The SMILES string of the molecule is COc1ccc(C)cc1C(C)N1CCOC(C(=O)O)C1. The Balaban J connectivity index is 2.20. The summed E-state index contributed by atoms with van der Waals surface area (Å²) in [5.74, 6) is -0.0698. The zero-order valence-corrected chi connectivity index (χ0v) is 12.1. The molecule has 0 amide bonds. The van der Waals surface area contributed by atoms with E-state index >= 15 is 0 Å². The number of ether oxygens (including phenoxy) is 2. The maximum absolute atomic E-state index is 11.1. The quantitative estimate of drug-likeness (QED) is 0.911. The third kappa shape index (κ3) is 3.11. The molecule has 20 heavy (non-hydrogen) atoms. The summed E-state index contributed by atoms with van der Waals surface area (Å²) in [5, 5.41) is 9.08. The highest BCUT2D eigenvalue weighted by molar-refractivity contribution is 5.72. The second-order valence-electron chi connectivity index (χ2n) is 5.11. The van der Waals surface area contributed by atoms with E-state index in [1.165, 1.54) is 0 Å². The third-order valence-electron chi connectivity index (χ3n) is 3.76. The molecule has 1 heterocycles. The van der Waals surface area contributed by atoms with Crippen molar-refractivity contribution in [3.63, 3.8) is 0 Å². The summed E-state index contributed by atoms with van der Waals surface area (Å²) in [6.07, 6.45) is -0.748. The Morgan fingerprint density at radius 1 is 1.55 bits per heavy atom. The summed E-state index contributed by atoms with van der Waals surface area (Å²) in [4.78, 5) is 13.2. The topological polar surface area (TPSA) is 59.0 Å². The highest BCUT2D eigenvalue weighted by atomic mass is 16.5. The fraction of sp³-hybridized carbons (Fsp3) is 0.533. The van der Waals surface area contributed by atoms with Crippen LogP contribution < -0.4 is 4.74 Å². The molecule has 5 heteroatoms. The van der Waals surface area contributed by atoms with E-state index in [2.05, 4.69) is 17.9 Å². The number of rotatable bonds is 4. The molecule has 1 aromatic carbocycles. The van der Waals surface area contributed by atoms with Crippen molar-refractivity contribution in [2.75, 3.05) is 26.8 Å². The molecule has 0 spiro atoms. The van der Waals surface area contributed by atoms with E-state index in [0.717, 1.165) is 23.4 Å². The molecule has 5 nitrogen and oxygen atoms in total. The van der Waals surface area contributed by atoms with Crippen LogP contribution in [-0.4, -0.2) is 48.9 Å². The minimum absolute atomic E-state index is 0.0931. The highest BCUT2D eigenvalue weighted by Crippen LogP contribution is 2.31. The van der Waals surface area contributed by atoms with Crippen LogP contribution >= 0.6 is 0 Å². The molecule has 1 aliphatic heterocycles. The van der Waals surface area contributed by atoms with Crippen LogP contribution in [0.1, 0.15) is 24.1 Å². The van der Waals surface area contributed by atoms with Gasteiger partial charge in [-0.15, -0.1) is 0 Å². The number of hydrogen-bond acceptors (Lipinski definition) is 4. The number of carbonyl (C=O) groups is 1. The fourth-order valence-electron chi connectivity index (χ4n) is 2.55. The monoisotopic (exact) mass is 279 g/mol. The molecule has 1 aromatic rings. The second kappa shape index (κ2) is 6.24. The van der Waals surface area contributed by atoms with Gasteiger partial charge in [0, 0.05) is 24.7 Å². The Morgan fingerprint density at radius 2 is 2.30 bits per heavy atom. The number of benzene rings is 1. The van der Waals surface area contributed by atoms with Gasteiger partial charge in [0.1, 0.15) is 5.75 Å². The minimum Gasteiger partial charge on any atom is -0.496 e. The summed E-state index contributed by atoms with van der Waals surface area (Å²) in [6, 6.07) is 6.15. The molecule has 2 rings (SSSR count). The largest absolute Gasteiger partial charge is 0.496 e. The Labute approximate surface area is 119 Å². The summed E-state index contributed by atoms with van der Waals surface area (Å²) in [7, 11) is 1.65. The molecule has 2 unspecified atom stereocenters. The lowest BCUT2D eigenvalue weighted by atomic mass is 10.0. The van der Waals surface area contributed by atoms with Crippen LogP contribution in [0, 0.1) is 6.92 Å². The van der Waals surface area contributed by atoms with Crippen LogP contribution in [0.15, 0.2) is 18.2 Å². The molecule has 0 radical (unpaired) electrons. The van der Waals surface area contributed by atoms with Gasteiger partial charge in [-0.2, -0.15) is 0 Å². The summed E-state index contributed by atoms with van der Waals surface area (Å²) in [6.45, 7) is 5.67. The molecule has 1 N–H and O–H groups in total. The second-order valence-corrected chi connectivity index (χ2v) is 5.11. The zero-order valence-electron chi connectivity index (χ0n) is 12.1. The highest BCUT2D eigenvalue weighted by Gasteiger charge is 2.30. The predicted molar refractivity (Wildman–Crippen MR) is 75.1 cm³/mol. The number of hydrogen-bond donors (Lipinski definition) is 1. The van der Waals surface area contributed by atoms with Crippen LogP contribution in [0.4, 0.5) is 0 Å². The fourth-order valence-corrected chi connectivity index (χ4v) is 2.55. The van der Waals surface area contributed by atoms with Crippen LogP contribution in [-0.2, 0) is 9.53 Å². The summed E-state index contributed by atoms with van der Waals surface area (Å²) in [5.41, 5.74) is 2.24. The Hall–Kier alpha value is -1.59. The van der Waals surface area contributed by atoms with Crippen LogP contribution in [0.25, 0.3) is 0 Å². The molecule has 1 fully saturated rings. The Morgan fingerprint density at radius 3 is 2.95 bits per heavy atom. The van der Waals surface area contributed by atoms with Crippen LogP contribution in [0.3, 0.4) is 0 Å². The van der Waals surface area contributed by atoms with E-state index in [9.17, 15) is 4.79 Å². The molecule has 1 aliphatic rings. The van der Waals surface area contributed by atoms with Gasteiger partial charge in [-0.05, 0) is 19.9 Å². The van der Waals surface area contributed by atoms with E-state index in [1.54, 1.807) is 7.11 Å². The first kappa shape index (κ1) is 14.8. The number of methoxy groups -OCH3 is 1.